The molecule has 2 saturated carbocycles. The van der Waals surface area contributed by atoms with Crippen molar-refractivity contribution in [1.82, 2.24) is 4.72 Å². The first-order valence-electron chi connectivity index (χ1n) is 7.34. The zero-order chi connectivity index (χ0) is 15.0. The minimum absolute atomic E-state index is 0.199. The summed E-state index contributed by atoms with van der Waals surface area (Å²) < 4.78 is 33.8. The predicted molar refractivity (Wildman–Crippen MR) is 84.8 cm³/mol. The van der Waals surface area contributed by atoms with E-state index in [4.69, 9.17) is 4.74 Å². The van der Waals surface area contributed by atoms with E-state index in [-0.39, 0.29) is 4.90 Å². The van der Waals surface area contributed by atoms with Crippen LogP contribution in [0.2, 0.25) is 0 Å². The summed E-state index contributed by atoms with van der Waals surface area (Å²) in [7, 11) is -2.05. The van der Waals surface area contributed by atoms with Gasteiger partial charge in [0.1, 0.15) is 10.6 Å². The second kappa shape index (κ2) is 5.89. The molecular formula is C15H20BrNO3S. The highest BCUT2D eigenvalue weighted by Crippen LogP contribution is 2.49. The van der Waals surface area contributed by atoms with E-state index in [0.717, 1.165) is 16.3 Å². The second-order valence-corrected chi connectivity index (χ2v) is 8.64. The predicted octanol–water partition coefficient (Wildman–Crippen LogP) is 3.17. The molecule has 0 radical (unpaired) electrons. The first-order valence-corrected chi connectivity index (χ1v) is 9.62. The van der Waals surface area contributed by atoms with Crippen LogP contribution in [-0.2, 0) is 10.0 Å². The van der Waals surface area contributed by atoms with Gasteiger partial charge in [0.05, 0.1) is 7.11 Å². The molecule has 1 aromatic carbocycles. The molecule has 0 aliphatic heterocycles. The van der Waals surface area contributed by atoms with Gasteiger partial charge in [0.2, 0.25) is 10.0 Å². The van der Waals surface area contributed by atoms with Gasteiger partial charge in [-0.25, -0.2) is 13.1 Å². The molecule has 1 N–H and O–H groups in total. The maximum Gasteiger partial charge on any atom is 0.244 e. The maximum atomic E-state index is 12.5. The summed E-state index contributed by atoms with van der Waals surface area (Å²) in [5.74, 6) is 2.34. The number of hydrogen-bond acceptors (Lipinski definition) is 3. The molecule has 2 aliphatic rings. The smallest absolute Gasteiger partial charge is 0.244 e. The van der Waals surface area contributed by atoms with Crippen LogP contribution in [0.3, 0.4) is 0 Å². The van der Waals surface area contributed by atoms with Crippen LogP contribution in [0.4, 0.5) is 0 Å². The molecule has 21 heavy (non-hydrogen) atoms. The zero-order valence-corrected chi connectivity index (χ0v) is 14.4. The molecule has 2 fully saturated rings. The summed E-state index contributed by atoms with van der Waals surface area (Å²) in [4.78, 5) is 0.199. The summed E-state index contributed by atoms with van der Waals surface area (Å²) in [6.07, 6.45) is 5.01. The van der Waals surface area contributed by atoms with E-state index in [1.165, 1.54) is 32.8 Å². The Bertz CT molecular complexity index is 612. The Morgan fingerprint density at radius 2 is 1.90 bits per heavy atom. The lowest BCUT2D eigenvalue weighted by Crippen LogP contribution is -2.31. The van der Waals surface area contributed by atoms with E-state index < -0.39 is 10.0 Å². The van der Waals surface area contributed by atoms with Crippen LogP contribution in [0.25, 0.3) is 0 Å². The Balaban J connectivity index is 1.75. The van der Waals surface area contributed by atoms with E-state index in [0.29, 0.717) is 18.2 Å². The van der Waals surface area contributed by atoms with Gasteiger partial charge in [-0.05, 0) is 61.6 Å². The zero-order valence-electron chi connectivity index (χ0n) is 12.0. The minimum Gasteiger partial charge on any atom is -0.495 e. The van der Waals surface area contributed by atoms with Crippen LogP contribution in [0.1, 0.15) is 25.7 Å². The topological polar surface area (TPSA) is 55.4 Å². The molecule has 0 aromatic heterocycles. The molecule has 3 rings (SSSR count). The highest BCUT2D eigenvalue weighted by Gasteiger charge is 2.41. The van der Waals surface area contributed by atoms with Crippen LogP contribution in [-0.4, -0.2) is 22.1 Å². The van der Waals surface area contributed by atoms with E-state index in [2.05, 4.69) is 20.7 Å². The lowest BCUT2D eigenvalue weighted by atomic mass is 9.99. The number of benzene rings is 1. The van der Waals surface area contributed by atoms with E-state index in [1.54, 1.807) is 18.2 Å². The molecule has 6 heteroatoms. The average molecular weight is 374 g/mol. The summed E-state index contributed by atoms with van der Waals surface area (Å²) in [5, 5.41) is 0. The fourth-order valence-corrected chi connectivity index (χ4v) is 4.69. The quantitative estimate of drug-likeness (QED) is 0.798. The summed E-state index contributed by atoms with van der Waals surface area (Å²) >= 11 is 3.32. The number of nitrogens with one attached hydrogen (secondary N) is 1. The van der Waals surface area contributed by atoms with Crippen molar-refractivity contribution in [2.24, 2.45) is 17.8 Å². The van der Waals surface area contributed by atoms with Gasteiger partial charge in [-0.2, -0.15) is 0 Å². The maximum absolute atomic E-state index is 12.5. The monoisotopic (exact) mass is 373 g/mol. The third-order valence-electron chi connectivity index (χ3n) is 4.38. The van der Waals surface area contributed by atoms with Gasteiger partial charge in [-0.15, -0.1) is 0 Å². The van der Waals surface area contributed by atoms with Gasteiger partial charge >= 0.3 is 0 Å². The standard InChI is InChI=1S/C15H20BrNO3S/c1-20-14-7-6-12(16)8-15(14)21(18,19)17-9-13(10-2-3-10)11-4-5-11/h6-8,10-11,13,17H,2-5,9H2,1H3. The molecule has 0 amide bonds. The highest BCUT2D eigenvalue weighted by atomic mass is 79.9. The first-order chi connectivity index (χ1) is 10.0. The number of hydrogen-bond donors (Lipinski definition) is 1. The Morgan fingerprint density at radius 1 is 1.29 bits per heavy atom. The van der Waals surface area contributed by atoms with Crippen molar-refractivity contribution in [2.75, 3.05) is 13.7 Å². The van der Waals surface area contributed by atoms with Gasteiger partial charge in [-0.3, -0.25) is 0 Å². The van der Waals surface area contributed by atoms with Crippen LogP contribution >= 0.6 is 15.9 Å². The number of methoxy groups -OCH3 is 1. The third kappa shape index (κ3) is 3.60. The molecular weight excluding hydrogens is 354 g/mol. The normalized spacial score (nSPS) is 19.0. The lowest BCUT2D eigenvalue weighted by Gasteiger charge is -2.17. The molecule has 2 aliphatic carbocycles. The lowest BCUT2D eigenvalue weighted by molar-refractivity contribution is 0.395. The summed E-state index contributed by atoms with van der Waals surface area (Å²) in [5.41, 5.74) is 0. The highest BCUT2D eigenvalue weighted by molar-refractivity contribution is 9.10. The molecule has 0 spiro atoms. The van der Waals surface area contributed by atoms with E-state index in [9.17, 15) is 8.42 Å². The third-order valence-corrected chi connectivity index (χ3v) is 6.32. The Morgan fingerprint density at radius 3 is 2.43 bits per heavy atom. The average Bonchev–Trinajstić information content (AvgIpc) is 3.32. The molecule has 0 heterocycles. The Kier molecular flexibility index (Phi) is 4.30. The summed E-state index contributed by atoms with van der Waals surface area (Å²) in [6, 6.07) is 5.03. The molecule has 1 aromatic rings. The van der Waals surface area contributed by atoms with Crippen molar-refractivity contribution in [3.05, 3.63) is 22.7 Å². The van der Waals surface area contributed by atoms with Crippen molar-refractivity contribution in [1.29, 1.82) is 0 Å². The van der Waals surface area contributed by atoms with Crippen molar-refractivity contribution in [2.45, 2.75) is 30.6 Å². The molecule has 116 valence electrons. The number of ether oxygens (including phenoxy) is 1. The van der Waals surface area contributed by atoms with Crippen LogP contribution in [0.5, 0.6) is 5.75 Å². The van der Waals surface area contributed by atoms with Crippen molar-refractivity contribution < 1.29 is 13.2 Å². The molecule has 0 bridgehead atoms. The van der Waals surface area contributed by atoms with Crippen LogP contribution in [0.15, 0.2) is 27.6 Å². The van der Waals surface area contributed by atoms with Crippen molar-refractivity contribution >= 4 is 26.0 Å². The molecule has 0 atom stereocenters. The van der Waals surface area contributed by atoms with Gasteiger partial charge in [0, 0.05) is 11.0 Å². The number of sulfonamides is 1. The Hall–Kier alpha value is -0.590. The fraction of sp³-hybridized carbons (Fsp3) is 0.600. The number of rotatable bonds is 7. The Labute approximate surface area is 134 Å². The largest absolute Gasteiger partial charge is 0.495 e. The molecule has 0 saturated heterocycles. The summed E-state index contributed by atoms with van der Waals surface area (Å²) in [6.45, 7) is 0.549. The van der Waals surface area contributed by atoms with Crippen molar-refractivity contribution in [3.63, 3.8) is 0 Å². The van der Waals surface area contributed by atoms with Gasteiger partial charge < -0.3 is 4.74 Å². The fourth-order valence-electron chi connectivity index (χ4n) is 2.91. The van der Waals surface area contributed by atoms with Crippen molar-refractivity contribution in [3.8, 4) is 5.75 Å². The van der Waals surface area contributed by atoms with Gasteiger partial charge in [-0.1, -0.05) is 15.9 Å². The minimum atomic E-state index is -3.54. The first kappa shape index (κ1) is 15.3. The van der Waals surface area contributed by atoms with Gasteiger partial charge in [0.15, 0.2) is 0 Å². The molecule has 0 unspecified atom stereocenters. The van der Waals surface area contributed by atoms with E-state index >= 15 is 0 Å². The number of halogens is 1. The second-order valence-electron chi connectivity index (χ2n) is 5.99. The molecule has 4 nitrogen and oxygen atoms in total. The SMILES string of the molecule is COc1ccc(Br)cc1S(=O)(=O)NCC(C1CC1)C1CC1. The van der Waals surface area contributed by atoms with Gasteiger partial charge in [0.25, 0.3) is 0 Å². The van der Waals surface area contributed by atoms with Crippen LogP contribution in [0, 0.1) is 17.8 Å². The van der Waals surface area contributed by atoms with E-state index in [1.807, 2.05) is 0 Å². The van der Waals surface area contributed by atoms with Crippen LogP contribution < -0.4 is 9.46 Å².